The predicted molar refractivity (Wildman–Crippen MR) is 79.4 cm³/mol. The first-order valence-electron chi connectivity index (χ1n) is 7.57. The first kappa shape index (κ1) is 12.4. The highest BCUT2D eigenvalue weighted by Crippen LogP contribution is 2.43. The zero-order valence-electron chi connectivity index (χ0n) is 11.8. The smallest absolute Gasteiger partial charge is 0.0973 e. The van der Waals surface area contributed by atoms with E-state index < -0.39 is 0 Å². The maximum Gasteiger partial charge on any atom is 0.0973 e. The summed E-state index contributed by atoms with van der Waals surface area (Å²) < 4.78 is 11.6. The van der Waals surface area contributed by atoms with Gasteiger partial charge in [0.05, 0.1) is 18.8 Å². The number of aryl methyl sites for hydroxylation is 1. The lowest BCUT2D eigenvalue weighted by atomic mass is 9.85. The zero-order chi connectivity index (χ0) is 13.6. The van der Waals surface area contributed by atoms with Gasteiger partial charge in [0.2, 0.25) is 0 Å². The number of fused-ring (bicyclic) bond motifs is 1. The van der Waals surface area contributed by atoms with E-state index >= 15 is 0 Å². The number of nitrogen functional groups attached to an aromatic ring is 1. The summed E-state index contributed by atoms with van der Waals surface area (Å²) in [5, 5.41) is 0. The lowest BCUT2D eigenvalue weighted by Crippen LogP contribution is -2.37. The molecule has 20 heavy (non-hydrogen) atoms. The minimum absolute atomic E-state index is 0.0306. The van der Waals surface area contributed by atoms with Crippen molar-refractivity contribution in [2.24, 2.45) is 0 Å². The first-order chi connectivity index (χ1) is 9.76. The Hall–Kier alpha value is -1.32. The molecule has 1 atom stereocenters. The molecular formula is C17H21NO2. The molecule has 2 aliphatic heterocycles. The van der Waals surface area contributed by atoms with E-state index in [9.17, 15) is 0 Å². The van der Waals surface area contributed by atoms with E-state index in [4.69, 9.17) is 15.2 Å². The average Bonchev–Trinajstić information content (AvgIpc) is 3.05. The van der Waals surface area contributed by atoms with E-state index in [0.29, 0.717) is 0 Å². The first-order valence-corrected chi connectivity index (χ1v) is 7.57. The lowest BCUT2D eigenvalue weighted by molar-refractivity contribution is -0.0632. The Morgan fingerprint density at radius 2 is 2.05 bits per heavy atom. The molecule has 3 aliphatic rings. The molecule has 0 saturated carbocycles. The second-order valence-corrected chi connectivity index (χ2v) is 6.26. The van der Waals surface area contributed by atoms with Gasteiger partial charge in [-0.15, -0.1) is 0 Å². The van der Waals surface area contributed by atoms with E-state index in [1.165, 1.54) is 11.1 Å². The standard InChI is InChI=1S/C17H21NO2/c18-14-2-4-15-12(9-14)1-3-16(15)13-5-7-20-17(10-13)6-8-19-11-17/h2,4,9H,1,3,5-8,10-11,18H2/b16-13-. The van der Waals surface area contributed by atoms with Crippen LogP contribution in [-0.4, -0.2) is 25.4 Å². The maximum atomic E-state index is 6.04. The van der Waals surface area contributed by atoms with Crippen molar-refractivity contribution in [3.05, 3.63) is 34.9 Å². The molecule has 1 aromatic rings. The summed E-state index contributed by atoms with van der Waals surface area (Å²) >= 11 is 0. The molecule has 1 aromatic carbocycles. The number of benzene rings is 1. The van der Waals surface area contributed by atoms with Crippen molar-refractivity contribution in [1.82, 2.24) is 0 Å². The molecule has 0 aromatic heterocycles. The summed E-state index contributed by atoms with van der Waals surface area (Å²) in [7, 11) is 0. The molecule has 1 unspecified atom stereocenters. The van der Waals surface area contributed by atoms with Crippen molar-refractivity contribution in [3.8, 4) is 0 Å². The quantitative estimate of drug-likeness (QED) is 0.738. The minimum atomic E-state index is -0.0306. The van der Waals surface area contributed by atoms with E-state index in [1.54, 1.807) is 11.1 Å². The van der Waals surface area contributed by atoms with Crippen LogP contribution in [0.15, 0.2) is 23.8 Å². The summed E-state index contributed by atoms with van der Waals surface area (Å²) in [6.45, 7) is 2.45. The molecule has 0 bridgehead atoms. The SMILES string of the molecule is Nc1ccc2c(c1)CC/C2=C1\CCOC2(CCOC2)C1. The molecule has 106 valence electrons. The van der Waals surface area contributed by atoms with Gasteiger partial charge in [-0.3, -0.25) is 0 Å². The number of hydrogen-bond donors (Lipinski definition) is 1. The van der Waals surface area contributed by atoms with Gasteiger partial charge in [0.15, 0.2) is 0 Å². The fourth-order valence-electron chi connectivity index (χ4n) is 3.89. The van der Waals surface area contributed by atoms with Gasteiger partial charge in [-0.1, -0.05) is 11.6 Å². The fourth-order valence-corrected chi connectivity index (χ4v) is 3.89. The second-order valence-electron chi connectivity index (χ2n) is 6.26. The third kappa shape index (κ3) is 1.97. The van der Waals surface area contributed by atoms with Crippen LogP contribution in [0.25, 0.3) is 5.57 Å². The molecule has 2 N–H and O–H groups in total. The van der Waals surface area contributed by atoms with Gasteiger partial charge in [0.1, 0.15) is 0 Å². The van der Waals surface area contributed by atoms with Crippen LogP contribution in [0.4, 0.5) is 5.69 Å². The number of hydrogen-bond acceptors (Lipinski definition) is 3. The van der Waals surface area contributed by atoms with Gasteiger partial charge in [0, 0.05) is 25.1 Å². The van der Waals surface area contributed by atoms with E-state index in [-0.39, 0.29) is 5.60 Å². The van der Waals surface area contributed by atoms with Gasteiger partial charge < -0.3 is 15.2 Å². The Bertz CT molecular complexity index is 570. The summed E-state index contributed by atoms with van der Waals surface area (Å²) in [6.07, 6.45) is 5.44. The van der Waals surface area contributed by atoms with Gasteiger partial charge in [-0.05, 0) is 48.1 Å². The van der Waals surface area contributed by atoms with Crippen LogP contribution in [0.2, 0.25) is 0 Å². The predicted octanol–water partition coefficient (Wildman–Crippen LogP) is 2.94. The maximum absolute atomic E-state index is 6.04. The van der Waals surface area contributed by atoms with E-state index in [0.717, 1.165) is 57.6 Å². The normalized spacial score (nSPS) is 32.8. The van der Waals surface area contributed by atoms with Crippen molar-refractivity contribution in [3.63, 3.8) is 0 Å². The van der Waals surface area contributed by atoms with Crippen LogP contribution in [0.1, 0.15) is 36.8 Å². The highest BCUT2D eigenvalue weighted by atomic mass is 16.6. The molecule has 2 fully saturated rings. The van der Waals surface area contributed by atoms with Crippen LogP contribution >= 0.6 is 0 Å². The largest absolute Gasteiger partial charge is 0.399 e. The highest BCUT2D eigenvalue weighted by molar-refractivity contribution is 5.76. The fraction of sp³-hybridized carbons (Fsp3) is 0.529. The molecule has 1 spiro atoms. The van der Waals surface area contributed by atoms with Crippen molar-refractivity contribution in [1.29, 1.82) is 0 Å². The van der Waals surface area contributed by atoms with E-state index in [2.05, 4.69) is 12.1 Å². The van der Waals surface area contributed by atoms with Gasteiger partial charge >= 0.3 is 0 Å². The molecule has 0 amide bonds. The Morgan fingerprint density at radius 3 is 2.90 bits per heavy atom. The van der Waals surface area contributed by atoms with Crippen LogP contribution < -0.4 is 5.73 Å². The Morgan fingerprint density at radius 1 is 1.10 bits per heavy atom. The molecule has 0 radical (unpaired) electrons. The molecule has 3 heteroatoms. The summed E-state index contributed by atoms with van der Waals surface area (Å²) in [5.74, 6) is 0. The Balaban J connectivity index is 1.70. The third-order valence-corrected chi connectivity index (χ3v) is 4.94. The summed E-state index contributed by atoms with van der Waals surface area (Å²) in [6, 6.07) is 6.36. The minimum Gasteiger partial charge on any atom is -0.399 e. The molecular weight excluding hydrogens is 250 g/mol. The number of nitrogens with two attached hydrogens (primary N) is 1. The number of ether oxygens (including phenoxy) is 2. The Kier molecular flexibility index (Phi) is 2.86. The van der Waals surface area contributed by atoms with Crippen molar-refractivity contribution in [2.45, 2.75) is 37.7 Å². The van der Waals surface area contributed by atoms with Crippen molar-refractivity contribution >= 4 is 11.3 Å². The van der Waals surface area contributed by atoms with Crippen molar-refractivity contribution in [2.75, 3.05) is 25.6 Å². The van der Waals surface area contributed by atoms with E-state index in [1.807, 2.05) is 6.07 Å². The topological polar surface area (TPSA) is 44.5 Å². The number of anilines is 1. The molecule has 2 saturated heterocycles. The third-order valence-electron chi connectivity index (χ3n) is 4.94. The number of allylic oxidation sites excluding steroid dienone is 1. The van der Waals surface area contributed by atoms with Crippen LogP contribution in [0.3, 0.4) is 0 Å². The van der Waals surface area contributed by atoms with Crippen LogP contribution in [-0.2, 0) is 15.9 Å². The molecule has 4 rings (SSSR count). The van der Waals surface area contributed by atoms with Crippen molar-refractivity contribution < 1.29 is 9.47 Å². The zero-order valence-corrected chi connectivity index (χ0v) is 11.8. The van der Waals surface area contributed by atoms with Gasteiger partial charge in [-0.2, -0.15) is 0 Å². The van der Waals surface area contributed by atoms with Crippen LogP contribution in [0.5, 0.6) is 0 Å². The summed E-state index contributed by atoms with van der Waals surface area (Å²) in [4.78, 5) is 0. The van der Waals surface area contributed by atoms with Crippen LogP contribution in [0, 0.1) is 0 Å². The molecule has 1 aliphatic carbocycles. The molecule has 3 nitrogen and oxygen atoms in total. The lowest BCUT2D eigenvalue weighted by Gasteiger charge is -2.34. The monoisotopic (exact) mass is 271 g/mol. The number of rotatable bonds is 0. The van der Waals surface area contributed by atoms with Gasteiger partial charge in [0.25, 0.3) is 0 Å². The van der Waals surface area contributed by atoms with Gasteiger partial charge in [-0.25, -0.2) is 0 Å². The highest BCUT2D eigenvalue weighted by Gasteiger charge is 2.40. The average molecular weight is 271 g/mol. The Labute approximate surface area is 119 Å². The second kappa shape index (κ2) is 4.61. The molecule has 2 heterocycles. The summed E-state index contributed by atoms with van der Waals surface area (Å²) in [5.41, 5.74) is 12.7.